The molecular weight excluding hydrogens is 238 g/mol. The second-order valence-corrected chi connectivity index (χ2v) is 4.89. The number of ether oxygens (including phenoxy) is 1. The number of amides is 1. The molecule has 0 bridgehead atoms. The van der Waals surface area contributed by atoms with E-state index in [9.17, 15) is 9.59 Å². The summed E-state index contributed by atoms with van der Waals surface area (Å²) >= 11 is 1.40. The summed E-state index contributed by atoms with van der Waals surface area (Å²) < 4.78 is 4.96. The number of thiophene rings is 1. The molecule has 4 nitrogen and oxygen atoms in total. The normalized spacial score (nSPS) is 10.4. The Labute approximate surface area is 105 Å². The van der Waals surface area contributed by atoms with Crippen LogP contribution in [0.15, 0.2) is 11.4 Å². The van der Waals surface area contributed by atoms with E-state index in [4.69, 9.17) is 4.74 Å². The fraction of sp³-hybridized carbons (Fsp3) is 0.500. The van der Waals surface area contributed by atoms with Gasteiger partial charge in [-0.1, -0.05) is 0 Å². The number of nitrogens with one attached hydrogen (secondary N) is 1. The third-order valence-electron chi connectivity index (χ3n) is 2.05. The lowest BCUT2D eigenvalue weighted by atomic mass is 10.3. The lowest BCUT2D eigenvalue weighted by Crippen LogP contribution is -2.26. The molecule has 1 rings (SSSR count). The highest BCUT2D eigenvalue weighted by Gasteiger charge is 2.11. The summed E-state index contributed by atoms with van der Waals surface area (Å²) in [5, 5.41) is 4.57. The number of hydrogen-bond acceptors (Lipinski definition) is 4. The Morgan fingerprint density at radius 1 is 1.47 bits per heavy atom. The van der Waals surface area contributed by atoms with Crippen LogP contribution in [-0.2, 0) is 9.53 Å². The zero-order valence-corrected chi connectivity index (χ0v) is 11.1. The van der Waals surface area contributed by atoms with Gasteiger partial charge < -0.3 is 10.1 Å². The van der Waals surface area contributed by atoms with E-state index >= 15 is 0 Å². The van der Waals surface area contributed by atoms with E-state index < -0.39 is 0 Å². The van der Waals surface area contributed by atoms with Gasteiger partial charge in [0.25, 0.3) is 5.91 Å². The molecule has 1 aromatic heterocycles. The Balaban J connectivity index is 2.30. The Kier molecular flexibility index (Phi) is 5.15. The van der Waals surface area contributed by atoms with Crippen molar-refractivity contribution in [3.8, 4) is 0 Å². The number of aryl methyl sites for hydroxylation is 1. The highest BCUT2D eigenvalue weighted by atomic mass is 32.1. The Hall–Kier alpha value is -1.36. The highest BCUT2D eigenvalue weighted by Crippen LogP contribution is 2.14. The van der Waals surface area contributed by atoms with Gasteiger partial charge in [-0.2, -0.15) is 0 Å². The van der Waals surface area contributed by atoms with Gasteiger partial charge in [0.05, 0.1) is 17.4 Å². The van der Waals surface area contributed by atoms with Gasteiger partial charge in [0.2, 0.25) is 0 Å². The molecule has 5 heteroatoms. The Morgan fingerprint density at radius 2 is 2.18 bits per heavy atom. The number of carbonyl (C=O) groups is 2. The van der Waals surface area contributed by atoms with Crippen molar-refractivity contribution in [2.75, 3.05) is 6.54 Å². The monoisotopic (exact) mass is 255 g/mol. The maximum Gasteiger partial charge on any atom is 0.307 e. The maximum atomic E-state index is 11.7. The molecule has 0 aromatic carbocycles. The molecule has 0 spiro atoms. The standard InChI is InChI=1S/C12H17NO3S/c1-8(2)16-10(14)4-6-13-12(15)11-9(3)5-7-17-11/h5,7-8H,4,6H2,1-3H3,(H,13,15). The van der Waals surface area contributed by atoms with Crippen LogP contribution in [0.25, 0.3) is 0 Å². The van der Waals surface area contributed by atoms with Crippen LogP contribution >= 0.6 is 11.3 Å². The van der Waals surface area contributed by atoms with Crippen molar-refractivity contribution in [1.29, 1.82) is 0 Å². The first kappa shape index (κ1) is 13.7. The van der Waals surface area contributed by atoms with E-state index in [2.05, 4.69) is 5.32 Å². The summed E-state index contributed by atoms with van der Waals surface area (Å²) in [4.78, 5) is 23.6. The topological polar surface area (TPSA) is 55.4 Å². The highest BCUT2D eigenvalue weighted by molar-refractivity contribution is 7.12. The number of hydrogen-bond donors (Lipinski definition) is 1. The summed E-state index contributed by atoms with van der Waals surface area (Å²) in [6.07, 6.45) is 0.0895. The molecule has 0 aliphatic carbocycles. The van der Waals surface area contributed by atoms with Crippen molar-refractivity contribution >= 4 is 23.2 Å². The minimum Gasteiger partial charge on any atom is -0.463 e. The first-order chi connectivity index (χ1) is 8.00. The SMILES string of the molecule is Cc1ccsc1C(=O)NCCC(=O)OC(C)C. The van der Waals surface area contributed by atoms with E-state index in [1.54, 1.807) is 13.8 Å². The molecule has 1 N–H and O–H groups in total. The summed E-state index contributed by atoms with van der Waals surface area (Å²) in [6, 6.07) is 1.90. The zero-order chi connectivity index (χ0) is 12.8. The largest absolute Gasteiger partial charge is 0.463 e. The lowest BCUT2D eigenvalue weighted by molar-refractivity contribution is -0.147. The molecule has 0 fully saturated rings. The third kappa shape index (κ3) is 4.56. The second-order valence-electron chi connectivity index (χ2n) is 3.98. The van der Waals surface area contributed by atoms with Crippen LogP contribution in [0, 0.1) is 6.92 Å². The minimum atomic E-state index is -0.289. The molecule has 1 aromatic rings. The molecule has 1 heterocycles. The van der Waals surface area contributed by atoms with Crippen LogP contribution in [0.5, 0.6) is 0 Å². The molecule has 17 heavy (non-hydrogen) atoms. The Bertz CT molecular complexity index is 398. The predicted octanol–water partition coefficient (Wildman–Crippen LogP) is 2.13. The van der Waals surface area contributed by atoms with E-state index in [0.717, 1.165) is 5.56 Å². The van der Waals surface area contributed by atoms with Crippen molar-refractivity contribution in [3.63, 3.8) is 0 Å². The van der Waals surface area contributed by atoms with Crippen LogP contribution in [0.2, 0.25) is 0 Å². The van der Waals surface area contributed by atoms with Gasteiger partial charge in [-0.05, 0) is 37.8 Å². The van der Waals surface area contributed by atoms with Crippen LogP contribution in [0.1, 0.15) is 35.5 Å². The fourth-order valence-corrected chi connectivity index (χ4v) is 2.13. The fourth-order valence-electron chi connectivity index (χ4n) is 1.29. The maximum absolute atomic E-state index is 11.7. The van der Waals surface area contributed by atoms with Gasteiger partial charge in [-0.3, -0.25) is 9.59 Å². The van der Waals surface area contributed by atoms with Gasteiger partial charge in [0.15, 0.2) is 0 Å². The molecule has 0 saturated heterocycles. The van der Waals surface area contributed by atoms with Crippen LogP contribution in [0.3, 0.4) is 0 Å². The number of carbonyl (C=O) groups excluding carboxylic acids is 2. The molecule has 0 aliphatic rings. The molecule has 0 aliphatic heterocycles. The van der Waals surface area contributed by atoms with Gasteiger partial charge in [0, 0.05) is 6.54 Å². The first-order valence-corrected chi connectivity index (χ1v) is 6.40. The molecule has 94 valence electrons. The number of rotatable bonds is 5. The average Bonchev–Trinajstić information content (AvgIpc) is 2.63. The first-order valence-electron chi connectivity index (χ1n) is 5.52. The molecule has 0 radical (unpaired) electrons. The predicted molar refractivity (Wildman–Crippen MR) is 67.2 cm³/mol. The summed E-state index contributed by atoms with van der Waals surface area (Å²) in [6.45, 7) is 5.79. The second kappa shape index (κ2) is 6.39. The number of esters is 1. The minimum absolute atomic E-state index is 0.113. The molecule has 0 saturated carbocycles. The van der Waals surface area contributed by atoms with Gasteiger partial charge in [-0.15, -0.1) is 11.3 Å². The molecule has 0 atom stereocenters. The summed E-state index contributed by atoms with van der Waals surface area (Å²) in [5.41, 5.74) is 0.956. The van der Waals surface area contributed by atoms with Crippen LogP contribution in [0.4, 0.5) is 0 Å². The van der Waals surface area contributed by atoms with Crippen molar-refractivity contribution in [3.05, 3.63) is 21.9 Å². The van der Waals surface area contributed by atoms with Crippen molar-refractivity contribution in [2.24, 2.45) is 0 Å². The van der Waals surface area contributed by atoms with Gasteiger partial charge in [0.1, 0.15) is 0 Å². The lowest BCUT2D eigenvalue weighted by Gasteiger charge is -2.08. The van der Waals surface area contributed by atoms with Gasteiger partial charge >= 0.3 is 5.97 Å². The van der Waals surface area contributed by atoms with E-state index in [-0.39, 0.29) is 24.4 Å². The van der Waals surface area contributed by atoms with Crippen LogP contribution in [-0.4, -0.2) is 24.5 Å². The van der Waals surface area contributed by atoms with E-state index in [1.807, 2.05) is 18.4 Å². The van der Waals surface area contributed by atoms with E-state index in [0.29, 0.717) is 11.4 Å². The Morgan fingerprint density at radius 3 is 2.71 bits per heavy atom. The third-order valence-corrected chi connectivity index (χ3v) is 3.07. The quantitative estimate of drug-likeness (QED) is 0.820. The molecule has 1 amide bonds. The molecular formula is C12H17NO3S. The average molecular weight is 255 g/mol. The molecule has 0 unspecified atom stereocenters. The van der Waals surface area contributed by atoms with Crippen LogP contribution < -0.4 is 5.32 Å². The van der Waals surface area contributed by atoms with Crippen molar-refractivity contribution in [2.45, 2.75) is 33.3 Å². The van der Waals surface area contributed by atoms with E-state index in [1.165, 1.54) is 11.3 Å². The van der Waals surface area contributed by atoms with Gasteiger partial charge in [-0.25, -0.2) is 0 Å². The zero-order valence-electron chi connectivity index (χ0n) is 10.3. The summed E-state index contributed by atoms with van der Waals surface area (Å²) in [5.74, 6) is -0.418. The summed E-state index contributed by atoms with van der Waals surface area (Å²) in [7, 11) is 0. The smallest absolute Gasteiger partial charge is 0.307 e. The van der Waals surface area contributed by atoms with Crippen molar-refractivity contribution in [1.82, 2.24) is 5.32 Å². The van der Waals surface area contributed by atoms with Crippen molar-refractivity contribution < 1.29 is 14.3 Å².